The van der Waals surface area contributed by atoms with Gasteiger partial charge in [0.2, 0.25) is 0 Å². The maximum Gasteiger partial charge on any atom is 0.319 e. The molecule has 1 fully saturated rings. The Morgan fingerprint density at radius 3 is 2.46 bits per heavy atom. The van der Waals surface area contributed by atoms with E-state index in [1.165, 1.54) is 5.69 Å². The van der Waals surface area contributed by atoms with Crippen LogP contribution in [-0.4, -0.2) is 46.4 Å². The zero-order valence-electron chi connectivity index (χ0n) is 15.4. The fourth-order valence-corrected chi connectivity index (χ4v) is 2.96. The summed E-state index contributed by atoms with van der Waals surface area (Å²) in [5, 5.41) is 5.82. The van der Waals surface area contributed by atoms with Gasteiger partial charge < -0.3 is 25.2 Å². The summed E-state index contributed by atoms with van der Waals surface area (Å²) in [6.45, 7) is 3.88. The maximum absolute atomic E-state index is 12.2. The van der Waals surface area contributed by atoms with Gasteiger partial charge in [0, 0.05) is 39.4 Å². The Bertz CT molecular complexity index is 725. The van der Waals surface area contributed by atoms with Crippen molar-refractivity contribution in [2.75, 3.05) is 55.5 Å². The van der Waals surface area contributed by atoms with Gasteiger partial charge in [0.15, 0.2) is 0 Å². The van der Waals surface area contributed by atoms with Gasteiger partial charge in [-0.2, -0.15) is 0 Å². The summed E-state index contributed by atoms with van der Waals surface area (Å²) in [6, 6.07) is 15.8. The van der Waals surface area contributed by atoms with Crippen LogP contribution in [0.2, 0.25) is 0 Å². The lowest BCUT2D eigenvalue weighted by Crippen LogP contribution is -2.36. The molecule has 26 heavy (non-hydrogen) atoms. The van der Waals surface area contributed by atoms with E-state index < -0.39 is 0 Å². The van der Waals surface area contributed by atoms with Crippen LogP contribution >= 0.6 is 0 Å². The lowest BCUT2D eigenvalue weighted by atomic mass is 10.2. The molecule has 6 nitrogen and oxygen atoms in total. The van der Waals surface area contributed by atoms with Crippen LogP contribution in [0.1, 0.15) is 5.56 Å². The molecule has 2 aromatic rings. The zero-order chi connectivity index (χ0) is 18.4. The molecule has 1 saturated heterocycles. The van der Waals surface area contributed by atoms with Crippen LogP contribution in [0.4, 0.5) is 21.9 Å². The van der Waals surface area contributed by atoms with Gasteiger partial charge in [0.05, 0.1) is 24.6 Å². The summed E-state index contributed by atoms with van der Waals surface area (Å²) < 4.78 is 5.38. The van der Waals surface area contributed by atoms with Crippen LogP contribution in [0.25, 0.3) is 0 Å². The van der Waals surface area contributed by atoms with Crippen LogP contribution in [0.3, 0.4) is 0 Å². The predicted octanol–water partition coefficient (Wildman–Crippen LogP) is 2.91. The van der Waals surface area contributed by atoms with Crippen molar-refractivity contribution in [2.45, 2.75) is 6.54 Å². The highest BCUT2D eigenvalue weighted by Crippen LogP contribution is 2.23. The van der Waals surface area contributed by atoms with E-state index in [4.69, 9.17) is 4.74 Å². The smallest absolute Gasteiger partial charge is 0.319 e. The second kappa shape index (κ2) is 8.58. The number of carbonyl (C=O) groups is 1. The average molecular weight is 354 g/mol. The van der Waals surface area contributed by atoms with E-state index in [0.29, 0.717) is 6.54 Å². The van der Waals surface area contributed by atoms with Gasteiger partial charge in [-0.15, -0.1) is 0 Å². The summed E-state index contributed by atoms with van der Waals surface area (Å²) in [5.41, 5.74) is 4.02. The first-order valence-electron chi connectivity index (χ1n) is 8.86. The van der Waals surface area contributed by atoms with Crippen molar-refractivity contribution in [2.24, 2.45) is 0 Å². The van der Waals surface area contributed by atoms with Gasteiger partial charge >= 0.3 is 6.03 Å². The Balaban J connectivity index is 1.53. The molecule has 0 bridgehead atoms. The highest BCUT2D eigenvalue weighted by atomic mass is 16.5. The number of nitrogens with zero attached hydrogens (tertiary/aromatic N) is 2. The third-order valence-electron chi connectivity index (χ3n) is 4.40. The van der Waals surface area contributed by atoms with Gasteiger partial charge in [-0.25, -0.2) is 4.79 Å². The molecule has 1 heterocycles. The molecule has 138 valence electrons. The van der Waals surface area contributed by atoms with Gasteiger partial charge in [-0.1, -0.05) is 24.3 Å². The van der Waals surface area contributed by atoms with Crippen molar-refractivity contribution in [1.29, 1.82) is 0 Å². The molecule has 0 aliphatic carbocycles. The molecular weight excluding hydrogens is 328 g/mol. The number of benzene rings is 2. The first kappa shape index (κ1) is 18.1. The third kappa shape index (κ3) is 4.67. The first-order chi connectivity index (χ1) is 12.6. The van der Waals surface area contributed by atoms with Gasteiger partial charge in [0.25, 0.3) is 0 Å². The Hall–Kier alpha value is -2.73. The molecule has 0 radical (unpaired) electrons. The monoisotopic (exact) mass is 354 g/mol. The van der Waals surface area contributed by atoms with E-state index in [1.54, 1.807) is 0 Å². The molecule has 0 aromatic heterocycles. The van der Waals surface area contributed by atoms with Crippen molar-refractivity contribution in [3.8, 4) is 0 Å². The number of nitrogens with one attached hydrogen (secondary N) is 2. The number of ether oxygens (including phenoxy) is 1. The molecular formula is C20H26N4O2. The zero-order valence-corrected chi connectivity index (χ0v) is 15.4. The van der Waals surface area contributed by atoms with Crippen LogP contribution in [0.5, 0.6) is 0 Å². The van der Waals surface area contributed by atoms with E-state index >= 15 is 0 Å². The van der Waals surface area contributed by atoms with E-state index in [9.17, 15) is 4.79 Å². The fraction of sp³-hybridized carbons (Fsp3) is 0.350. The van der Waals surface area contributed by atoms with Crippen LogP contribution in [-0.2, 0) is 11.3 Å². The molecule has 2 aromatic carbocycles. The fourth-order valence-electron chi connectivity index (χ4n) is 2.96. The number of anilines is 3. The maximum atomic E-state index is 12.2. The number of urea groups is 1. The van der Waals surface area contributed by atoms with E-state index in [1.807, 2.05) is 43.3 Å². The minimum Gasteiger partial charge on any atom is -0.378 e. The Morgan fingerprint density at radius 2 is 1.77 bits per heavy atom. The molecule has 1 aliphatic rings. The largest absolute Gasteiger partial charge is 0.378 e. The van der Waals surface area contributed by atoms with Gasteiger partial charge in [-0.3, -0.25) is 0 Å². The standard InChI is InChI=1S/C20H26N4O2/c1-23(2)19-6-4-3-5-18(19)22-20(25)21-15-16-7-9-17(10-8-16)24-11-13-26-14-12-24/h3-10H,11-15H2,1-2H3,(H2,21,22,25). The molecule has 2 N–H and O–H groups in total. The lowest BCUT2D eigenvalue weighted by molar-refractivity contribution is 0.122. The number of hydrogen-bond acceptors (Lipinski definition) is 4. The molecule has 0 unspecified atom stereocenters. The highest BCUT2D eigenvalue weighted by Gasteiger charge is 2.11. The van der Waals surface area contributed by atoms with E-state index in [-0.39, 0.29) is 6.03 Å². The molecule has 1 aliphatic heterocycles. The topological polar surface area (TPSA) is 56.8 Å². The number of para-hydroxylation sites is 2. The van der Waals surface area contributed by atoms with Gasteiger partial charge in [-0.05, 0) is 29.8 Å². The molecule has 6 heteroatoms. The van der Waals surface area contributed by atoms with E-state index in [2.05, 4.69) is 39.8 Å². The van der Waals surface area contributed by atoms with Crippen molar-refractivity contribution in [3.05, 3.63) is 54.1 Å². The number of morpholine rings is 1. The lowest BCUT2D eigenvalue weighted by Gasteiger charge is -2.28. The summed E-state index contributed by atoms with van der Waals surface area (Å²) >= 11 is 0. The van der Waals surface area contributed by atoms with Crippen molar-refractivity contribution in [1.82, 2.24) is 5.32 Å². The van der Waals surface area contributed by atoms with E-state index in [0.717, 1.165) is 43.2 Å². The second-order valence-electron chi connectivity index (χ2n) is 6.49. The molecule has 0 saturated carbocycles. The van der Waals surface area contributed by atoms with Crippen LogP contribution < -0.4 is 20.4 Å². The summed E-state index contributed by atoms with van der Waals surface area (Å²) in [6.07, 6.45) is 0. The third-order valence-corrected chi connectivity index (χ3v) is 4.40. The SMILES string of the molecule is CN(C)c1ccccc1NC(=O)NCc1ccc(N2CCOCC2)cc1. The molecule has 3 rings (SSSR count). The quantitative estimate of drug-likeness (QED) is 0.867. The second-order valence-corrected chi connectivity index (χ2v) is 6.49. The number of rotatable bonds is 5. The molecule has 0 atom stereocenters. The molecule has 0 spiro atoms. The van der Waals surface area contributed by atoms with Crippen LogP contribution in [0, 0.1) is 0 Å². The average Bonchev–Trinajstić information content (AvgIpc) is 2.68. The summed E-state index contributed by atoms with van der Waals surface area (Å²) in [7, 11) is 3.91. The number of amides is 2. The Morgan fingerprint density at radius 1 is 1.08 bits per heavy atom. The minimum atomic E-state index is -0.212. The van der Waals surface area contributed by atoms with Crippen molar-refractivity contribution >= 4 is 23.1 Å². The van der Waals surface area contributed by atoms with Crippen molar-refractivity contribution in [3.63, 3.8) is 0 Å². The van der Waals surface area contributed by atoms with Crippen LogP contribution in [0.15, 0.2) is 48.5 Å². The summed E-state index contributed by atoms with van der Waals surface area (Å²) in [4.78, 5) is 16.5. The summed E-state index contributed by atoms with van der Waals surface area (Å²) in [5.74, 6) is 0. The highest BCUT2D eigenvalue weighted by molar-refractivity contribution is 5.93. The Kier molecular flexibility index (Phi) is 5.96. The molecule has 2 amide bonds. The number of carbonyl (C=O) groups excluding carboxylic acids is 1. The first-order valence-corrected chi connectivity index (χ1v) is 8.86. The minimum absolute atomic E-state index is 0.212. The normalized spacial score (nSPS) is 14.0. The predicted molar refractivity (Wildman–Crippen MR) is 106 cm³/mol. The number of hydrogen-bond donors (Lipinski definition) is 2. The Labute approximate surface area is 154 Å². The van der Waals surface area contributed by atoms with Gasteiger partial charge in [0.1, 0.15) is 0 Å². The van der Waals surface area contributed by atoms with Crippen molar-refractivity contribution < 1.29 is 9.53 Å².